The van der Waals surface area contributed by atoms with Crippen LogP contribution in [0.25, 0.3) is 0 Å². The summed E-state index contributed by atoms with van der Waals surface area (Å²) >= 11 is 0. The molecular formula is C10H16N2O3S. The van der Waals surface area contributed by atoms with Gasteiger partial charge in [0.1, 0.15) is 5.78 Å². The standard InChI is InChI=1S/C10H16N2O3S/c1-8(6-11)16(14,15)12-5-3-4-10(7-12)9(2)13/h8,10H,3-5,7H2,1-2H3. The van der Waals surface area contributed by atoms with Crippen LogP contribution >= 0.6 is 0 Å². The summed E-state index contributed by atoms with van der Waals surface area (Å²) in [7, 11) is -3.56. The Bertz CT molecular complexity index is 410. The molecule has 0 amide bonds. The molecule has 0 spiro atoms. The van der Waals surface area contributed by atoms with Crippen LogP contribution in [0.4, 0.5) is 0 Å². The van der Waals surface area contributed by atoms with Crippen LogP contribution in [-0.4, -0.2) is 36.8 Å². The number of nitrogens with zero attached hydrogens (tertiary/aromatic N) is 2. The second kappa shape index (κ2) is 4.93. The smallest absolute Gasteiger partial charge is 0.230 e. The number of hydrogen-bond acceptors (Lipinski definition) is 4. The number of rotatable bonds is 3. The van der Waals surface area contributed by atoms with E-state index in [0.717, 1.165) is 6.42 Å². The van der Waals surface area contributed by atoms with Crippen molar-refractivity contribution in [3.05, 3.63) is 0 Å². The molecule has 1 rings (SSSR count). The first-order valence-electron chi connectivity index (χ1n) is 5.28. The molecular weight excluding hydrogens is 228 g/mol. The van der Waals surface area contributed by atoms with Crippen molar-refractivity contribution in [3.63, 3.8) is 0 Å². The molecule has 0 aromatic heterocycles. The Hall–Kier alpha value is -0.930. The van der Waals surface area contributed by atoms with Gasteiger partial charge in [-0.1, -0.05) is 0 Å². The summed E-state index contributed by atoms with van der Waals surface area (Å²) in [4.78, 5) is 11.2. The molecule has 0 radical (unpaired) electrons. The van der Waals surface area contributed by atoms with Crippen LogP contribution in [0.1, 0.15) is 26.7 Å². The lowest BCUT2D eigenvalue weighted by atomic mass is 9.96. The van der Waals surface area contributed by atoms with Gasteiger partial charge in [-0.25, -0.2) is 12.7 Å². The van der Waals surface area contributed by atoms with Crippen molar-refractivity contribution in [1.82, 2.24) is 4.31 Å². The van der Waals surface area contributed by atoms with Gasteiger partial charge in [-0.15, -0.1) is 0 Å². The molecule has 16 heavy (non-hydrogen) atoms. The Balaban J connectivity index is 2.83. The fraction of sp³-hybridized carbons (Fsp3) is 0.800. The van der Waals surface area contributed by atoms with E-state index in [9.17, 15) is 13.2 Å². The molecule has 2 unspecified atom stereocenters. The Morgan fingerprint density at radius 3 is 2.69 bits per heavy atom. The van der Waals surface area contributed by atoms with Crippen LogP contribution in [0.5, 0.6) is 0 Å². The first-order chi connectivity index (χ1) is 7.39. The maximum Gasteiger partial charge on any atom is 0.230 e. The Morgan fingerprint density at radius 2 is 2.19 bits per heavy atom. The van der Waals surface area contributed by atoms with E-state index in [2.05, 4.69) is 0 Å². The molecule has 5 nitrogen and oxygen atoms in total. The molecule has 1 fully saturated rings. The van der Waals surface area contributed by atoms with Gasteiger partial charge in [0.2, 0.25) is 10.0 Å². The second-order valence-corrected chi connectivity index (χ2v) is 6.38. The normalized spacial score (nSPS) is 24.7. The third-order valence-corrected chi connectivity index (χ3v) is 5.00. The van der Waals surface area contributed by atoms with Crippen molar-refractivity contribution in [2.45, 2.75) is 31.9 Å². The number of hydrogen-bond donors (Lipinski definition) is 0. The number of carbonyl (C=O) groups excluding carboxylic acids is 1. The van der Waals surface area contributed by atoms with Gasteiger partial charge < -0.3 is 0 Å². The third-order valence-electron chi connectivity index (χ3n) is 2.95. The predicted molar refractivity (Wildman–Crippen MR) is 59.0 cm³/mol. The quantitative estimate of drug-likeness (QED) is 0.725. The fourth-order valence-corrected chi connectivity index (χ4v) is 3.15. The first-order valence-corrected chi connectivity index (χ1v) is 6.79. The van der Waals surface area contributed by atoms with E-state index in [0.29, 0.717) is 13.0 Å². The molecule has 0 N–H and O–H groups in total. The number of Topliss-reactive ketones (excluding diaryl/α,β-unsaturated/α-hetero) is 1. The second-order valence-electron chi connectivity index (χ2n) is 4.12. The highest BCUT2D eigenvalue weighted by molar-refractivity contribution is 7.89. The summed E-state index contributed by atoms with van der Waals surface area (Å²) in [6, 6.07) is 1.73. The Morgan fingerprint density at radius 1 is 1.56 bits per heavy atom. The van der Waals surface area contributed by atoms with Gasteiger partial charge in [0.15, 0.2) is 5.25 Å². The molecule has 6 heteroatoms. The lowest BCUT2D eigenvalue weighted by Gasteiger charge is -2.31. The minimum Gasteiger partial charge on any atom is -0.300 e. The van der Waals surface area contributed by atoms with E-state index >= 15 is 0 Å². The average molecular weight is 244 g/mol. The maximum atomic E-state index is 11.9. The van der Waals surface area contributed by atoms with Crippen LogP contribution in [0.3, 0.4) is 0 Å². The minimum atomic E-state index is -3.56. The van der Waals surface area contributed by atoms with E-state index in [1.165, 1.54) is 18.2 Å². The summed E-state index contributed by atoms with van der Waals surface area (Å²) in [5.41, 5.74) is 0. The fourth-order valence-electron chi connectivity index (χ4n) is 1.80. The van der Waals surface area contributed by atoms with Crippen LogP contribution in [-0.2, 0) is 14.8 Å². The zero-order chi connectivity index (χ0) is 12.3. The summed E-state index contributed by atoms with van der Waals surface area (Å²) in [6.07, 6.45) is 1.42. The SMILES string of the molecule is CC(=O)C1CCCN(S(=O)(=O)C(C)C#N)C1. The van der Waals surface area contributed by atoms with Crippen molar-refractivity contribution in [1.29, 1.82) is 5.26 Å². The average Bonchev–Trinajstić information content (AvgIpc) is 2.28. The van der Waals surface area contributed by atoms with Gasteiger partial charge in [-0.3, -0.25) is 4.79 Å². The minimum absolute atomic E-state index is 0.0181. The molecule has 1 aliphatic rings. The zero-order valence-electron chi connectivity index (χ0n) is 9.51. The van der Waals surface area contributed by atoms with Gasteiger partial charge in [0.05, 0.1) is 6.07 Å². The van der Waals surface area contributed by atoms with Gasteiger partial charge in [0.25, 0.3) is 0 Å². The van der Waals surface area contributed by atoms with Gasteiger partial charge in [-0.05, 0) is 26.7 Å². The van der Waals surface area contributed by atoms with Crippen LogP contribution in [0.15, 0.2) is 0 Å². The molecule has 1 heterocycles. The van der Waals surface area contributed by atoms with Crippen LogP contribution in [0.2, 0.25) is 0 Å². The van der Waals surface area contributed by atoms with E-state index in [1.807, 2.05) is 0 Å². The summed E-state index contributed by atoms with van der Waals surface area (Å²) in [5, 5.41) is 7.61. The molecule has 0 aromatic carbocycles. The van der Waals surface area contributed by atoms with E-state index in [4.69, 9.17) is 5.26 Å². The predicted octanol–water partition coefficient (Wildman–Crippen LogP) is 0.529. The highest BCUT2D eigenvalue weighted by Crippen LogP contribution is 2.21. The maximum absolute atomic E-state index is 11.9. The third kappa shape index (κ3) is 2.60. The molecule has 2 atom stereocenters. The largest absolute Gasteiger partial charge is 0.300 e. The van der Waals surface area contributed by atoms with Crippen LogP contribution < -0.4 is 0 Å². The van der Waals surface area contributed by atoms with Crippen molar-refractivity contribution < 1.29 is 13.2 Å². The lowest BCUT2D eigenvalue weighted by Crippen LogP contribution is -2.44. The number of nitriles is 1. The molecule has 0 aliphatic carbocycles. The Labute approximate surface area is 96.1 Å². The molecule has 1 saturated heterocycles. The number of sulfonamides is 1. The zero-order valence-corrected chi connectivity index (χ0v) is 10.3. The number of piperidine rings is 1. The lowest BCUT2D eigenvalue weighted by molar-refractivity contribution is -0.121. The molecule has 1 aliphatic heterocycles. The van der Waals surface area contributed by atoms with Crippen molar-refractivity contribution in [2.75, 3.05) is 13.1 Å². The number of carbonyl (C=O) groups is 1. The number of ketones is 1. The van der Waals surface area contributed by atoms with E-state index in [-0.39, 0.29) is 18.2 Å². The van der Waals surface area contributed by atoms with Gasteiger partial charge in [-0.2, -0.15) is 5.26 Å². The molecule has 0 aromatic rings. The molecule has 0 saturated carbocycles. The molecule has 0 bridgehead atoms. The van der Waals surface area contributed by atoms with E-state index in [1.54, 1.807) is 6.07 Å². The summed E-state index contributed by atoms with van der Waals surface area (Å²) < 4.78 is 25.0. The first kappa shape index (κ1) is 13.1. The van der Waals surface area contributed by atoms with Crippen molar-refractivity contribution in [3.8, 4) is 6.07 Å². The highest BCUT2D eigenvalue weighted by Gasteiger charge is 2.34. The van der Waals surface area contributed by atoms with Gasteiger partial charge in [0, 0.05) is 19.0 Å². The van der Waals surface area contributed by atoms with Crippen molar-refractivity contribution >= 4 is 15.8 Å². The topological polar surface area (TPSA) is 78.2 Å². The molecule has 90 valence electrons. The monoisotopic (exact) mass is 244 g/mol. The van der Waals surface area contributed by atoms with Crippen LogP contribution in [0, 0.1) is 17.2 Å². The summed E-state index contributed by atoms with van der Waals surface area (Å²) in [6.45, 7) is 3.49. The Kier molecular flexibility index (Phi) is 4.05. The van der Waals surface area contributed by atoms with E-state index < -0.39 is 15.3 Å². The van der Waals surface area contributed by atoms with Gasteiger partial charge >= 0.3 is 0 Å². The summed E-state index contributed by atoms with van der Waals surface area (Å²) in [5.74, 6) is -0.195. The van der Waals surface area contributed by atoms with Crippen molar-refractivity contribution in [2.24, 2.45) is 5.92 Å². The highest BCUT2D eigenvalue weighted by atomic mass is 32.2.